The minimum absolute atomic E-state index is 0.102. The minimum atomic E-state index is -4.46. The van der Waals surface area contributed by atoms with Crippen LogP contribution in [0.25, 0.3) is 0 Å². The van der Waals surface area contributed by atoms with Gasteiger partial charge in [-0.15, -0.1) is 0 Å². The van der Waals surface area contributed by atoms with Crippen LogP contribution < -0.4 is 5.32 Å². The first-order valence-corrected chi connectivity index (χ1v) is 10.5. The van der Waals surface area contributed by atoms with Gasteiger partial charge in [0.25, 0.3) is 5.91 Å². The highest BCUT2D eigenvalue weighted by Crippen LogP contribution is 2.29. The molecule has 0 fully saturated rings. The highest BCUT2D eigenvalue weighted by atomic mass is 32.2. The van der Waals surface area contributed by atoms with Gasteiger partial charge in [-0.3, -0.25) is 4.79 Å². The summed E-state index contributed by atoms with van der Waals surface area (Å²) in [7, 11) is -3.57. The van der Waals surface area contributed by atoms with Crippen LogP contribution in [0.15, 0.2) is 53.4 Å². The van der Waals surface area contributed by atoms with Crippen molar-refractivity contribution in [1.29, 1.82) is 0 Å². The molecule has 2 aromatic carbocycles. The number of hydrogen-bond donors (Lipinski definition) is 1. The Bertz CT molecular complexity index is 936. The molecular weight excluding hydrogens is 405 g/mol. The third-order valence-corrected chi connectivity index (χ3v) is 6.61. The number of sulfonamides is 1. The van der Waals surface area contributed by atoms with Crippen LogP contribution in [-0.2, 0) is 16.2 Å². The average Bonchev–Trinajstić information content (AvgIpc) is 2.68. The van der Waals surface area contributed by atoms with Crippen molar-refractivity contribution in [3.63, 3.8) is 0 Å². The second kappa shape index (κ2) is 8.96. The molecule has 29 heavy (non-hydrogen) atoms. The lowest BCUT2D eigenvalue weighted by molar-refractivity contribution is -0.137. The fraction of sp³-hybridized carbons (Fsp3) is 0.350. The van der Waals surface area contributed by atoms with Crippen LogP contribution in [0.4, 0.5) is 13.2 Å². The fourth-order valence-corrected chi connectivity index (χ4v) is 4.27. The van der Waals surface area contributed by atoms with E-state index >= 15 is 0 Å². The average molecular weight is 428 g/mol. The Hall–Kier alpha value is -2.39. The molecule has 0 aliphatic carbocycles. The Morgan fingerprint density at radius 1 is 1.00 bits per heavy atom. The zero-order valence-electron chi connectivity index (χ0n) is 16.3. The van der Waals surface area contributed by atoms with Crippen molar-refractivity contribution in [2.24, 2.45) is 0 Å². The van der Waals surface area contributed by atoms with Crippen molar-refractivity contribution in [3.8, 4) is 0 Å². The maximum atomic E-state index is 12.6. The molecule has 1 atom stereocenters. The molecule has 2 aromatic rings. The predicted molar refractivity (Wildman–Crippen MR) is 104 cm³/mol. The number of amides is 1. The van der Waals surface area contributed by atoms with Gasteiger partial charge >= 0.3 is 6.18 Å². The van der Waals surface area contributed by atoms with Gasteiger partial charge in [0.1, 0.15) is 0 Å². The van der Waals surface area contributed by atoms with Gasteiger partial charge in [0.05, 0.1) is 16.5 Å². The molecule has 1 unspecified atom stereocenters. The third kappa shape index (κ3) is 5.36. The van der Waals surface area contributed by atoms with E-state index in [1.54, 1.807) is 32.9 Å². The second-order valence-corrected chi connectivity index (χ2v) is 8.37. The summed E-state index contributed by atoms with van der Waals surface area (Å²) in [4.78, 5) is 12.4. The molecule has 1 N–H and O–H groups in total. The molecule has 0 radical (unpaired) electrons. The first-order valence-electron chi connectivity index (χ1n) is 9.09. The number of nitrogens with zero attached hydrogens (tertiary/aromatic N) is 1. The molecule has 0 aliphatic heterocycles. The zero-order chi connectivity index (χ0) is 21.8. The molecule has 0 aromatic heterocycles. The summed E-state index contributed by atoms with van der Waals surface area (Å²) in [6.07, 6.45) is -4.46. The molecule has 5 nitrogen and oxygen atoms in total. The molecule has 0 spiro atoms. The van der Waals surface area contributed by atoms with Crippen molar-refractivity contribution in [1.82, 2.24) is 9.62 Å². The SMILES string of the molecule is CCN(CC)S(=O)(=O)c1ccc(C(C)NC(=O)c2ccc(C(F)(F)F)cc2)cc1. The lowest BCUT2D eigenvalue weighted by Crippen LogP contribution is -2.30. The van der Waals surface area contributed by atoms with Gasteiger partial charge in [-0.1, -0.05) is 26.0 Å². The maximum absolute atomic E-state index is 12.6. The van der Waals surface area contributed by atoms with E-state index in [1.807, 2.05) is 0 Å². The van der Waals surface area contributed by atoms with Crippen molar-refractivity contribution in [2.75, 3.05) is 13.1 Å². The lowest BCUT2D eigenvalue weighted by atomic mass is 10.1. The van der Waals surface area contributed by atoms with Crippen LogP contribution in [0.3, 0.4) is 0 Å². The number of carbonyl (C=O) groups is 1. The standard InChI is InChI=1S/C20H23F3N2O3S/c1-4-25(5-2)29(27,28)18-12-8-15(9-13-18)14(3)24-19(26)16-6-10-17(11-7-16)20(21,22)23/h6-14H,4-5H2,1-3H3,(H,24,26). The van der Waals surface area contributed by atoms with Gasteiger partial charge in [0.15, 0.2) is 0 Å². The summed E-state index contributed by atoms with van der Waals surface area (Å²) >= 11 is 0. The van der Waals surface area contributed by atoms with Crippen LogP contribution in [0.2, 0.25) is 0 Å². The maximum Gasteiger partial charge on any atom is 0.416 e. The molecule has 1 amide bonds. The monoisotopic (exact) mass is 428 g/mol. The van der Waals surface area contributed by atoms with E-state index in [2.05, 4.69) is 5.32 Å². The lowest BCUT2D eigenvalue weighted by Gasteiger charge is -2.19. The van der Waals surface area contributed by atoms with E-state index in [9.17, 15) is 26.4 Å². The van der Waals surface area contributed by atoms with Crippen molar-refractivity contribution >= 4 is 15.9 Å². The summed E-state index contributed by atoms with van der Waals surface area (Å²) in [5.41, 5.74) is -0.0542. The molecule has 0 saturated carbocycles. The van der Waals surface area contributed by atoms with Crippen molar-refractivity contribution < 1.29 is 26.4 Å². The molecule has 9 heteroatoms. The Kier molecular flexibility index (Phi) is 7.07. The Balaban J connectivity index is 2.11. The Labute approximate surface area is 168 Å². The number of benzene rings is 2. The third-order valence-electron chi connectivity index (χ3n) is 4.55. The van der Waals surface area contributed by atoms with Gasteiger partial charge in [0.2, 0.25) is 10.0 Å². The second-order valence-electron chi connectivity index (χ2n) is 6.43. The molecule has 0 aliphatic rings. The van der Waals surface area contributed by atoms with E-state index in [0.717, 1.165) is 24.3 Å². The van der Waals surface area contributed by atoms with E-state index in [0.29, 0.717) is 18.7 Å². The summed E-state index contributed by atoms with van der Waals surface area (Å²) in [5, 5.41) is 2.69. The first-order chi connectivity index (χ1) is 13.5. The van der Waals surface area contributed by atoms with Gasteiger partial charge in [-0.2, -0.15) is 17.5 Å². The van der Waals surface area contributed by atoms with Crippen molar-refractivity contribution in [3.05, 3.63) is 65.2 Å². The van der Waals surface area contributed by atoms with Crippen molar-refractivity contribution in [2.45, 2.75) is 37.9 Å². The van der Waals surface area contributed by atoms with Crippen LogP contribution in [0.5, 0.6) is 0 Å². The molecule has 158 valence electrons. The molecular formula is C20H23F3N2O3S. The smallest absolute Gasteiger partial charge is 0.346 e. The summed E-state index contributed by atoms with van der Waals surface area (Å²) in [6.45, 7) is 5.94. The van der Waals surface area contributed by atoms with Crippen LogP contribution >= 0.6 is 0 Å². The van der Waals surface area contributed by atoms with Gasteiger partial charge in [0, 0.05) is 18.7 Å². The fourth-order valence-electron chi connectivity index (χ4n) is 2.81. The van der Waals surface area contributed by atoms with E-state index in [-0.39, 0.29) is 10.5 Å². The molecule has 0 saturated heterocycles. The highest BCUT2D eigenvalue weighted by Gasteiger charge is 2.30. The Morgan fingerprint density at radius 2 is 1.52 bits per heavy atom. The van der Waals surface area contributed by atoms with Gasteiger partial charge in [-0.25, -0.2) is 8.42 Å². The number of alkyl halides is 3. The number of nitrogens with one attached hydrogen (secondary N) is 1. The van der Waals surface area contributed by atoms with Gasteiger partial charge < -0.3 is 5.32 Å². The van der Waals surface area contributed by atoms with E-state index in [4.69, 9.17) is 0 Å². The van der Waals surface area contributed by atoms with Gasteiger partial charge in [-0.05, 0) is 48.9 Å². The number of halogens is 3. The van der Waals surface area contributed by atoms with E-state index in [1.165, 1.54) is 16.4 Å². The largest absolute Gasteiger partial charge is 0.416 e. The molecule has 2 rings (SSSR count). The van der Waals surface area contributed by atoms with Crippen LogP contribution in [0, 0.1) is 0 Å². The minimum Gasteiger partial charge on any atom is -0.346 e. The van der Waals surface area contributed by atoms with Crippen LogP contribution in [-0.4, -0.2) is 31.7 Å². The summed E-state index contributed by atoms with van der Waals surface area (Å²) in [5.74, 6) is -0.522. The number of carbonyl (C=O) groups excluding carboxylic acids is 1. The first kappa shape index (κ1) is 22.9. The predicted octanol–water partition coefficient (Wildman–Crippen LogP) is 4.23. The molecule has 0 heterocycles. The zero-order valence-corrected chi connectivity index (χ0v) is 17.1. The quantitative estimate of drug-likeness (QED) is 0.718. The normalized spacial score (nSPS) is 13.3. The summed E-state index contributed by atoms with van der Waals surface area (Å²) < 4.78 is 64.2. The topological polar surface area (TPSA) is 66.5 Å². The number of hydrogen-bond acceptors (Lipinski definition) is 3. The van der Waals surface area contributed by atoms with Crippen LogP contribution in [0.1, 0.15) is 48.3 Å². The Morgan fingerprint density at radius 3 is 1.97 bits per heavy atom. The molecule has 0 bridgehead atoms. The summed E-state index contributed by atoms with van der Waals surface area (Å²) in [6, 6.07) is 9.64. The van der Waals surface area contributed by atoms with E-state index < -0.39 is 33.7 Å². The highest BCUT2D eigenvalue weighted by molar-refractivity contribution is 7.89. The number of rotatable bonds is 7.